The number of carbonyl (C=O) groups excluding carboxylic acids is 1. The number of ether oxygens (including phenoxy) is 1. The van der Waals surface area contributed by atoms with Crippen molar-refractivity contribution < 1.29 is 19.4 Å². The van der Waals surface area contributed by atoms with Gasteiger partial charge in [0, 0.05) is 20.2 Å². The molecule has 2 N–H and O–H groups in total. The van der Waals surface area contributed by atoms with Crippen LogP contribution in [0.2, 0.25) is 0 Å². The zero-order valence-corrected chi connectivity index (χ0v) is 12.6. The first-order valence-electron chi connectivity index (χ1n) is 7.26. The topological polar surface area (TPSA) is 78.9 Å². The van der Waals surface area contributed by atoms with Gasteiger partial charge in [0.1, 0.15) is 0 Å². The molecule has 1 fully saturated rings. The summed E-state index contributed by atoms with van der Waals surface area (Å²) in [5.41, 5.74) is -0.659. The lowest BCUT2D eigenvalue weighted by atomic mass is 9.76. The van der Waals surface area contributed by atoms with E-state index in [9.17, 15) is 14.7 Å². The van der Waals surface area contributed by atoms with Crippen molar-refractivity contribution in [1.29, 1.82) is 0 Å². The zero-order valence-electron chi connectivity index (χ0n) is 12.6. The van der Waals surface area contributed by atoms with Crippen LogP contribution in [0.4, 0.5) is 4.79 Å². The lowest BCUT2D eigenvalue weighted by Gasteiger charge is -2.38. The van der Waals surface area contributed by atoms with Crippen LogP contribution in [0.15, 0.2) is 0 Å². The smallest absolute Gasteiger partial charge is 0.317 e. The fourth-order valence-electron chi connectivity index (χ4n) is 2.59. The molecule has 20 heavy (non-hydrogen) atoms. The van der Waals surface area contributed by atoms with Crippen molar-refractivity contribution in [3.63, 3.8) is 0 Å². The second-order valence-electron chi connectivity index (χ2n) is 5.44. The predicted octanol–water partition coefficient (Wildman–Crippen LogP) is 1.70. The molecular weight excluding hydrogens is 260 g/mol. The minimum atomic E-state index is -0.745. The zero-order chi connectivity index (χ0) is 15.2. The number of amides is 2. The highest BCUT2D eigenvalue weighted by molar-refractivity contribution is 5.77. The van der Waals surface area contributed by atoms with Crippen LogP contribution in [0.25, 0.3) is 0 Å². The molecular formula is C14H26N2O4. The Kier molecular flexibility index (Phi) is 6.26. The molecule has 0 bridgehead atoms. The Hall–Kier alpha value is -1.30. The molecule has 2 amide bonds. The Morgan fingerprint density at radius 2 is 1.95 bits per heavy atom. The van der Waals surface area contributed by atoms with Gasteiger partial charge in [-0.05, 0) is 25.7 Å². The van der Waals surface area contributed by atoms with Gasteiger partial charge >= 0.3 is 12.0 Å². The van der Waals surface area contributed by atoms with Crippen molar-refractivity contribution in [2.45, 2.75) is 45.6 Å². The summed E-state index contributed by atoms with van der Waals surface area (Å²) in [5, 5.41) is 12.3. The van der Waals surface area contributed by atoms with Gasteiger partial charge in [0.25, 0.3) is 0 Å². The molecule has 1 aliphatic heterocycles. The standard InChI is InChI=1S/C14H26N2O4/c1-4-11(10-20-3)15-13(19)16-8-6-14(5-2,7-9-16)12(17)18/h11H,4-10H2,1-3H3,(H,15,19)(H,17,18). The molecule has 0 aromatic rings. The van der Waals surface area contributed by atoms with Gasteiger partial charge in [-0.2, -0.15) is 0 Å². The molecule has 1 heterocycles. The van der Waals surface area contributed by atoms with E-state index >= 15 is 0 Å². The minimum absolute atomic E-state index is 0.00447. The summed E-state index contributed by atoms with van der Waals surface area (Å²) in [5.74, 6) is -0.745. The number of carboxylic acids is 1. The number of aliphatic carboxylic acids is 1. The Bertz CT molecular complexity index is 338. The highest BCUT2D eigenvalue weighted by Gasteiger charge is 2.40. The number of rotatable bonds is 6. The average Bonchev–Trinajstić information content (AvgIpc) is 2.46. The first kappa shape index (κ1) is 16.8. The van der Waals surface area contributed by atoms with Gasteiger partial charge in [-0.25, -0.2) is 4.79 Å². The molecule has 6 heteroatoms. The molecule has 116 valence electrons. The van der Waals surface area contributed by atoms with Crippen LogP contribution >= 0.6 is 0 Å². The molecule has 1 unspecified atom stereocenters. The number of piperidine rings is 1. The van der Waals surface area contributed by atoms with Crippen molar-refractivity contribution >= 4 is 12.0 Å². The van der Waals surface area contributed by atoms with E-state index in [4.69, 9.17) is 4.74 Å². The molecule has 1 rings (SSSR count). The van der Waals surface area contributed by atoms with Gasteiger partial charge in [-0.1, -0.05) is 13.8 Å². The number of urea groups is 1. The number of carboxylic acid groups (broad SMARTS) is 1. The maximum atomic E-state index is 12.1. The second kappa shape index (κ2) is 7.47. The number of nitrogens with one attached hydrogen (secondary N) is 1. The molecule has 1 saturated heterocycles. The summed E-state index contributed by atoms with van der Waals surface area (Å²) in [6.07, 6.45) is 2.46. The van der Waals surface area contributed by atoms with Gasteiger partial charge in [-0.15, -0.1) is 0 Å². The van der Waals surface area contributed by atoms with Gasteiger partial charge in [0.2, 0.25) is 0 Å². The summed E-state index contributed by atoms with van der Waals surface area (Å²) in [4.78, 5) is 25.2. The number of likely N-dealkylation sites (tertiary alicyclic amines) is 1. The van der Waals surface area contributed by atoms with Crippen molar-refractivity contribution in [2.75, 3.05) is 26.8 Å². The van der Waals surface area contributed by atoms with Crippen LogP contribution in [0.5, 0.6) is 0 Å². The Morgan fingerprint density at radius 3 is 2.35 bits per heavy atom. The Morgan fingerprint density at radius 1 is 1.35 bits per heavy atom. The lowest BCUT2D eigenvalue weighted by Crippen LogP contribution is -2.52. The second-order valence-corrected chi connectivity index (χ2v) is 5.44. The van der Waals surface area contributed by atoms with E-state index in [1.165, 1.54) is 0 Å². The summed E-state index contributed by atoms with van der Waals surface area (Å²) in [6.45, 7) is 5.37. The quantitative estimate of drug-likeness (QED) is 0.779. The molecule has 0 aromatic heterocycles. The first-order valence-corrected chi connectivity index (χ1v) is 7.26. The normalized spacial score (nSPS) is 19.4. The first-order chi connectivity index (χ1) is 9.49. The van der Waals surface area contributed by atoms with Crippen LogP contribution in [-0.4, -0.2) is 54.9 Å². The third-order valence-electron chi connectivity index (χ3n) is 4.33. The molecule has 6 nitrogen and oxygen atoms in total. The third-order valence-corrected chi connectivity index (χ3v) is 4.33. The van der Waals surface area contributed by atoms with E-state index in [1.54, 1.807) is 12.0 Å². The average molecular weight is 286 g/mol. The van der Waals surface area contributed by atoms with Gasteiger partial charge < -0.3 is 20.1 Å². The molecule has 1 aliphatic rings. The molecule has 0 aliphatic carbocycles. The van der Waals surface area contributed by atoms with Crippen LogP contribution < -0.4 is 5.32 Å². The van der Waals surface area contributed by atoms with E-state index in [0.717, 1.165) is 6.42 Å². The van der Waals surface area contributed by atoms with E-state index in [2.05, 4.69) is 5.32 Å². The number of hydrogen-bond acceptors (Lipinski definition) is 3. The molecule has 1 atom stereocenters. The van der Waals surface area contributed by atoms with Crippen molar-refractivity contribution in [1.82, 2.24) is 10.2 Å². The van der Waals surface area contributed by atoms with Crippen LogP contribution in [0.3, 0.4) is 0 Å². The summed E-state index contributed by atoms with van der Waals surface area (Å²) >= 11 is 0. The van der Waals surface area contributed by atoms with E-state index < -0.39 is 11.4 Å². The van der Waals surface area contributed by atoms with Crippen molar-refractivity contribution in [3.05, 3.63) is 0 Å². The maximum absolute atomic E-state index is 12.1. The van der Waals surface area contributed by atoms with Crippen LogP contribution in [0.1, 0.15) is 39.5 Å². The number of carbonyl (C=O) groups is 2. The largest absolute Gasteiger partial charge is 0.481 e. The number of nitrogens with zero attached hydrogens (tertiary/aromatic N) is 1. The van der Waals surface area contributed by atoms with Gasteiger partial charge in [0.15, 0.2) is 0 Å². The fraction of sp³-hybridized carbons (Fsp3) is 0.857. The van der Waals surface area contributed by atoms with E-state index in [0.29, 0.717) is 39.0 Å². The van der Waals surface area contributed by atoms with Crippen LogP contribution in [-0.2, 0) is 9.53 Å². The van der Waals surface area contributed by atoms with Gasteiger partial charge in [0.05, 0.1) is 18.1 Å². The van der Waals surface area contributed by atoms with Crippen LogP contribution in [0, 0.1) is 5.41 Å². The van der Waals surface area contributed by atoms with Crippen molar-refractivity contribution in [2.24, 2.45) is 5.41 Å². The lowest BCUT2D eigenvalue weighted by molar-refractivity contribution is -0.151. The highest BCUT2D eigenvalue weighted by Crippen LogP contribution is 2.35. The summed E-state index contributed by atoms with van der Waals surface area (Å²) in [7, 11) is 1.61. The SMILES string of the molecule is CCC(COC)NC(=O)N1CCC(CC)(C(=O)O)CC1. The predicted molar refractivity (Wildman–Crippen MR) is 75.7 cm³/mol. The summed E-state index contributed by atoms with van der Waals surface area (Å²) < 4.78 is 5.05. The maximum Gasteiger partial charge on any atom is 0.317 e. The fourth-order valence-corrected chi connectivity index (χ4v) is 2.59. The highest BCUT2D eigenvalue weighted by atomic mass is 16.5. The third kappa shape index (κ3) is 3.85. The number of hydrogen-bond donors (Lipinski definition) is 2. The number of methoxy groups -OCH3 is 1. The Balaban J connectivity index is 2.52. The molecule has 0 saturated carbocycles. The van der Waals surface area contributed by atoms with Crippen molar-refractivity contribution in [3.8, 4) is 0 Å². The Labute approximate surface area is 120 Å². The molecule has 0 aromatic carbocycles. The van der Waals surface area contributed by atoms with Gasteiger partial charge in [-0.3, -0.25) is 4.79 Å². The molecule has 0 spiro atoms. The van der Waals surface area contributed by atoms with E-state index in [1.807, 2.05) is 13.8 Å². The van der Waals surface area contributed by atoms with E-state index in [-0.39, 0.29) is 12.1 Å². The molecule has 0 radical (unpaired) electrons. The monoisotopic (exact) mass is 286 g/mol. The summed E-state index contributed by atoms with van der Waals surface area (Å²) in [6, 6.07) is -0.117. The minimum Gasteiger partial charge on any atom is -0.481 e.